The van der Waals surface area contributed by atoms with Crippen LogP contribution in [0.15, 0.2) is 0 Å². The van der Waals surface area contributed by atoms with Crippen molar-refractivity contribution in [1.82, 2.24) is 5.32 Å². The lowest BCUT2D eigenvalue weighted by molar-refractivity contribution is 0.0464. The first-order chi connectivity index (χ1) is 6.16. The van der Waals surface area contributed by atoms with Crippen LogP contribution in [0.2, 0.25) is 0 Å². The van der Waals surface area contributed by atoms with E-state index in [0.717, 1.165) is 32.2 Å². The molecule has 0 aromatic carbocycles. The number of rotatable bonds is 0. The average Bonchev–Trinajstić information content (AvgIpc) is 2.61. The van der Waals surface area contributed by atoms with Gasteiger partial charge in [-0.15, -0.1) is 0 Å². The topological polar surface area (TPSA) is 12.0 Å². The molecule has 0 bridgehead atoms. The molecule has 0 spiro atoms. The summed E-state index contributed by atoms with van der Waals surface area (Å²) >= 11 is 0. The molecule has 1 heterocycles. The molecule has 3 fully saturated rings. The van der Waals surface area contributed by atoms with Gasteiger partial charge in [-0.25, -0.2) is 8.78 Å². The van der Waals surface area contributed by atoms with Crippen LogP contribution in [-0.4, -0.2) is 19.0 Å². The van der Waals surface area contributed by atoms with Crippen LogP contribution in [-0.2, 0) is 0 Å². The Hall–Kier alpha value is -0.180. The van der Waals surface area contributed by atoms with Crippen LogP contribution in [0.25, 0.3) is 0 Å². The van der Waals surface area contributed by atoms with Crippen LogP contribution in [0.4, 0.5) is 8.78 Å². The first-order valence-electron chi connectivity index (χ1n) is 5.25. The molecule has 2 saturated carbocycles. The average molecular weight is 187 g/mol. The number of piperidine rings is 1. The summed E-state index contributed by atoms with van der Waals surface area (Å²) in [6.45, 7) is 1.34. The van der Waals surface area contributed by atoms with Gasteiger partial charge in [-0.05, 0) is 25.8 Å². The van der Waals surface area contributed by atoms with E-state index in [1.807, 2.05) is 0 Å². The Labute approximate surface area is 76.9 Å². The zero-order valence-corrected chi connectivity index (χ0v) is 7.71. The van der Waals surface area contributed by atoms with E-state index in [9.17, 15) is 8.78 Å². The Morgan fingerprint density at radius 3 is 2.31 bits per heavy atom. The largest absolute Gasteiger partial charge is 0.316 e. The van der Waals surface area contributed by atoms with Crippen molar-refractivity contribution in [2.45, 2.75) is 38.0 Å². The van der Waals surface area contributed by atoms with Crippen molar-refractivity contribution in [1.29, 1.82) is 0 Å². The minimum Gasteiger partial charge on any atom is -0.316 e. The van der Waals surface area contributed by atoms with Crippen LogP contribution in [0.5, 0.6) is 0 Å². The normalized spacial score (nSPS) is 52.2. The van der Waals surface area contributed by atoms with E-state index in [1.54, 1.807) is 0 Å². The van der Waals surface area contributed by atoms with Gasteiger partial charge >= 0.3 is 0 Å². The highest BCUT2D eigenvalue weighted by atomic mass is 19.3. The second-order valence-electron chi connectivity index (χ2n) is 4.87. The first-order valence-corrected chi connectivity index (χ1v) is 5.25. The molecule has 3 heteroatoms. The number of hydrogen-bond acceptors (Lipinski definition) is 1. The van der Waals surface area contributed by atoms with Gasteiger partial charge in [0.15, 0.2) is 0 Å². The van der Waals surface area contributed by atoms with Gasteiger partial charge in [0.05, 0.1) is 5.41 Å². The lowest BCUT2D eigenvalue weighted by Gasteiger charge is -2.32. The Morgan fingerprint density at radius 1 is 0.923 bits per heavy atom. The Morgan fingerprint density at radius 2 is 1.62 bits per heavy atom. The quantitative estimate of drug-likeness (QED) is 0.613. The molecule has 0 aromatic rings. The van der Waals surface area contributed by atoms with E-state index in [0.29, 0.717) is 13.0 Å². The first kappa shape index (κ1) is 8.16. The summed E-state index contributed by atoms with van der Waals surface area (Å²) < 4.78 is 27.6. The molecule has 2 aliphatic carbocycles. The maximum Gasteiger partial charge on any atom is 0.261 e. The standard InChI is InChI=1S/C10H15F2N/c11-10(12)8-3-1-2-4-9(8,10)7-13-6-5-8/h13H,1-7H2. The molecule has 1 aliphatic heterocycles. The Kier molecular flexibility index (Phi) is 1.30. The van der Waals surface area contributed by atoms with Gasteiger partial charge in [0.2, 0.25) is 0 Å². The SMILES string of the molecule is FC1(F)C23CCCCC12CNCC3. The lowest BCUT2D eigenvalue weighted by Crippen LogP contribution is -2.38. The second kappa shape index (κ2) is 2.08. The van der Waals surface area contributed by atoms with Crippen molar-refractivity contribution < 1.29 is 8.78 Å². The summed E-state index contributed by atoms with van der Waals surface area (Å²) in [6.07, 6.45) is 4.21. The van der Waals surface area contributed by atoms with Crippen LogP contribution < -0.4 is 5.32 Å². The van der Waals surface area contributed by atoms with Crippen LogP contribution in [0.3, 0.4) is 0 Å². The van der Waals surface area contributed by atoms with Crippen LogP contribution in [0, 0.1) is 10.8 Å². The predicted octanol–water partition coefficient (Wildman–Crippen LogP) is 2.18. The van der Waals surface area contributed by atoms with E-state index < -0.39 is 16.8 Å². The summed E-state index contributed by atoms with van der Waals surface area (Å²) in [5.74, 6) is -2.36. The third kappa shape index (κ3) is 0.622. The van der Waals surface area contributed by atoms with Gasteiger partial charge in [-0.2, -0.15) is 0 Å². The van der Waals surface area contributed by atoms with Gasteiger partial charge in [0.1, 0.15) is 0 Å². The predicted molar refractivity (Wildman–Crippen MR) is 45.8 cm³/mol. The lowest BCUT2D eigenvalue weighted by atomic mass is 9.76. The fraction of sp³-hybridized carbons (Fsp3) is 1.00. The monoisotopic (exact) mass is 187 g/mol. The van der Waals surface area contributed by atoms with E-state index >= 15 is 0 Å². The summed E-state index contributed by atoms with van der Waals surface area (Å²) in [4.78, 5) is 0. The fourth-order valence-corrected chi connectivity index (χ4v) is 3.88. The summed E-state index contributed by atoms with van der Waals surface area (Å²) in [6, 6.07) is 0. The summed E-state index contributed by atoms with van der Waals surface area (Å²) in [5.41, 5.74) is -1.21. The summed E-state index contributed by atoms with van der Waals surface area (Å²) in [7, 11) is 0. The minimum absolute atomic E-state index is 0.556. The maximum atomic E-state index is 13.8. The molecule has 3 aliphatic rings. The molecule has 1 nitrogen and oxygen atoms in total. The minimum atomic E-state index is -2.36. The van der Waals surface area contributed by atoms with Crippen molar-refractivity contribution in [3.63, 3.8) is 0 Å². The van der Waals surface area contributed by atoms with E-state index in [4.69, 9.17) is 0 Å². The molecule has 1 saturated heterocycles. The van der Waals surface area contributed by atoms with Crippen molar-refractivity contribution >= 4 is 0 Å². The van der Waals surface area contributed by atoms with Crippen LogP contribution in [0.1, 0.15) is 32.1 Å². The highest BCUT2D eigenvalue weighted by molar-refractivity contribution is 5.31. The Bertz CT molecular complexity index is 213. The molecule has 0 aromatic heterocycles. The summed E-state index contributed by atoms with van der Waals surface area (Å²) in [5, 5.41) is 3.14. The molecule has 1 N–H and O–H groups in total. The number of alkyl halides is 2. The Balaban J connectivity index is 2.02. The van der Waals surface area contributed by atoms with Crippen molar-refractivity contribution in [2.24, 2.45) is 10.8 Å². The van der Waals surface area contributed by atoms with E-state index in [-0.39, 0.29) is 0 Å². The molecule has 2 atom stereocenters. The van der Waals surface area contributed by atoms with Gasteiger partial charge < -0.3 is 5.32 Å². The molecule has 0 amide bonds. The molecule has 3 rings (SSSR count). The molecular weight excluding hydrogens is 172 g/mol. The zero-order valence-electron chi connectivity index (χ0n) is 7.71. The zero-order chi connectivity index (χ0) is 9.16. The number of nitrogens with one attached hydrogen (secondary N) is 1. The highest BCUT2D eigenvalue weighted by Crippen LogP contribution is 2.82. The van der Waals surface area contributed by atoms with E-state index in [2.05, 4.69) is 5.32 Å². The third-order valence-corrected chi connectivity index (χ3v) is 4.67. The van der Waals surface area contributed by atoms with Gasteiger partial charge in [-0.1, -0.05) is 12.8 Å². The molecule has 0 radical (unpaired) electrons. The van der Waals surface area contributed by atoms with Crippen molar-refractivity contribution in [3.05, 3.63) is 0 Å². The smallest absolute Gasteiger partial charge is 0.261 e. The van der Waals surface area contributed by atoms with Gasteiger partial charge in [0, 0.05) is 12.0 Å². The molecule has 2 unspecified atom stereocenters. The maximum absolute atomic E-state index is 13.8. The number of halogens is 2. The van der Waals surface area contributed by atoms with Crippen molar-refractivity contribution in [3.8, 4) is 0 Å². The van der Waals surface area contributed by atoms with E-state index in [1.165, 1.54) is 0 Å². The second-order valence-corrected chi connectivity index (χ2v) is 4.87. The van der Waals surface area contributed by atoms with Crippen LogP contribution >= 0.6 is 0 Å². The number of hydrogen-bond donors (Lipinski definition) is 1. The molecule has 13 heavy (non-hydrogen) atoms. The fourth-order valence-electron chi connectivity index (χ4n) is 3.88. The third-order valence-electron chi connectivity index (χ3n) is 4.67. The van der Waals surface area contributed by atoms with Gasteiger partial charge in [0.25, 0.3) is 5.92 Å². The molecular formula is C10H15F2N. The highest BCUT2D eigenvalue weighted by Gasteiger charge is 2.90. The van der Waals surface area contributed by atoms with Gasteiger partial charge in [-0.3, -0.25) is 0 Å². The molecule has 74 valence electrons. The van der Waals surface area contributed by atoms with Crippen molar-refractivity contribution in [2.75, 3.05) is 13.1 Å².